The van der Waals surface area contributed by atoms with Gasteiger partial charge in [-0.25, -0.2) is 9.78 Å². The number of amides is 2. The number of aromatic nitrogens is 1. The number of carbonyl (C=O) groups is 2. The molecule has 5 rings (SSSR count). The highest BCUT2D eigenvalue weighted by Gasteiger charge is 2.13. The number of oxazole rings is 1. The summed E-state index contributed by atoms with van der Waals surface area (Å²) in [5, 5.41) is 8.98. The Morgan fingerprint density at radius 1 is 0.929 bits per heavy atom. The predicted octanol–water partition coefficient (Wildman–Crippen LogP) is 6.27. The van der Waals surface area contributed by atoms with Gasteiger partial charge in [0.25, 0.3) is 5.91 Å². The first kappa shape index (κ1) is 29.9. The van der Waals surface area contributed by atoms with Crippen molar-refractivity contribution in [1.82, 2.24) is 10.3 Å². The minimum absolute atomic E-state index is 0.132. The second-order valence-electron chi connectivity index (χ2n) is 9.22. The molecule has 0 saturated carbocycles. The fourth-order valence-electron chi connectivity index (χ4n) is 4.18. The number of benzene rings is 4. The van der Waals surface area contributed by atoms with Crippen LogP contribution in [0.1, 0.15) is 10.4 Å². The van der Waals surface area contributed by atoms with Crippen LogP contribution in [0.2, 0.25) is 0 Å². The normalized spacial score (nSPS) is 11.4. The Labute approximate surface area is 253 Å². The van der Waals surface area contributed by atoms with Crippen molar-refractivity contribution in [1.29, 1.82) is 0 Å². The molecular formula is C31H31N4O4PS2. The molecule has 216 valence electrons. The first-order valence-corrected chi connectivity index (χ1v) is 17.2. The molecule has 0 bridgehead atoms. The van der Waals surface area contributed by atoms with Gasteiger partial charge in [0.2, 0.25) is 5.89 Å². The quantitative estimate of drug-likeness (QED) is 0.0803. The van der Waals surface area contributed by atoms with Crippen LogP contribution in [0.25, 0.3) is 33.3 Å². The minimum atomic E-state index is -0.484. The summed E-state index contributed by atoms with van der Waals surface area (Å²) in [6, 6.07) is 27.1. The van der Waals surface area contributed by atoms with Gasteiger partial charge in [-0.1, -0.05) is 72.6 Å². The Kier molecular flexibility index (Phi) is 10.7. The summed E-state index contributed by atoms with van der Waals surface area (Å²) in [5.41, 5.74) is 8.70. The molecule has 4 aromatic carbocycles. The smallest absolute Gasteiger partial charge is 0.411 e. The number of nitrogens with one attached hydrogen (secondary N) is 2. The monoisotopic (exact) mass is 618 g/mol. The van der Waals surface area contributed by atoms with E-state index in [1.165, 1.54) is 5.30 Å². The number of fused-ring (bicyclic) bond motifs is 2. The van der Waals surface area contributed by atoms with Gasteiger partial charge in [-0.2, -0.15) is 0 Å². The zero-order chi connectivity index (χ0) is 29.1. The molecule has 0 aliphatic carbocycles. The summed E-state index contributed by atoms with van der Waals surface area (Å²) >= 11 is 0. The Bertz CT molecular complexity index is 1670. The summed E-state index contributed by atoms with van der Waals surface area (Å²) in [6.45, 7) is 1.57. The van der Waals surface area contributed by atoms with Gasteiger partial charge >= 0.3 is 6.09 Å². The molecule has 1 aromatic heterocycles. The molecule has 8 nitrogen and oxygen atoms in total. The lowest BCUT2D eigenvalue weighted by atomic mass is 10.1. The molecule has 1 unspecified atom stereocenters. The standard InChI is InChI=1S/C31H31N4O4PS2/c32-12-16-41-42-17-14-38-31(37)34-25-10-8-21-18-24(7-6-22(21)19-25)30-35-27-11-9-23(20-28(27)39-30)29(36)33-13-15-40-26-4-2-1-3-5-26/h1-11,18-20,40H,12-17,32H2,(H,33,36)(H,34,37). The molecule has 0 spiro atoms. The highest BCUT2D eigenvalue weighted by atomic mass is 33.1. The summed E-state index contributed by atoms with van der Waals surface area (Å²) in [7, 11) is 3.95. The third-order valence-electron chi connectivity index (χ3n) is 6.18. The maximum absolute atomic E-state index is 12.7. The molecule has 0 aliphatic rings. The highest BCUT2D eigenvalue weighted by molar-refractivity contribution is 8.76. The number of nitrogens with two attached hydrogens (primary N) is 1. The van der Waals surface area contributed by atoms with Gasteiger partial charge in [-0.3, -0.25) is 10.1 Å². The molecule has 1 atom stereocenters. The number of rotatable bonds is 13. The molecule has 0 saturated heterocycles. The first-order valence-electron chi connectivity index (χ1n) is 13.5. The molecule has 2 amide bonds. The molecule has 0 aliphatic heterocycles. The molecule has 5 aromatic rings. The zero-order valence-corrected chi connectivity index (χ0v) is 25.4. The van der Waals surface area contributed by atoms with Crippen LogP contribution in [0, 0.1) is 0 Å². The second-order valence-corrected chi connectivity index (χ2v) is 13.4. The molecule has 0 radical (unpaired) electrons. The van der Waals surface area contributed by atoms with Crippen molar-refractivity contribution >= 4 is 75.0 Å². The van der Waals surface area contributed by atoms with E-state index in [2.05, 4.69) is 27.8 Å². The average molecular weight is 619 g/mol. The van der Waals surface area contributed by atoms with E-state index in [1.807, 2.05) is 54.6 Å². The number of carbonyl (C=O) groups excluding carboxylic acids is 2. The summed E-state index contributed by atoms with van der Waals surface area (Å²) in [6.07, 6.45) is 0.408. The van der Waals surface area contributed by atoms with Crippen molar-refractivity contribution in [2.24, 2.45) is 5.73 Å². The largest absolute Gasteiger partial charge is 0.448 e. The number of nitrogens with zero attached hydrogens (tertiary/aromatic N) is 1. The highest BCUT2D eigenvalue weighted by Crippen LogP contribution is 2.29. The van der Waals surface area contributed by atoms with E-state index in [0.29, 0.717) is 62.3 Å². The van der Waals surface area contributed by atoms with Crippen LogP contribution in [0.5, 0.6) is 0 Å². The van der Waals surface area contributed by atoms with Crippen molar-refractivity contribution in [2.75, 3.05) is 42.7 Å². The number of hydrogen-bond donors (Lipinski definition) is 3. The molecule has 42 heavy (non-hydrogen) atoms. The third kappa shape index (κ3) is 8.26. The topological polar surface area (TPSA) is 119 Å². The maximum Gasteiger partial charge on any atom is 0.411 e. The van der Waals surface area contributed by atoms with E-state index in [1.54, 1.807) is 39.8 Å². The van der Waals surface area contributed by atoms with Crippen LogP contribution in [0.3, 0.4) is 0 Å². The average Bonchev–Trinajstić information content (AvgIpc) is 3.45. The minimum Gasteiger partial charge on any atom is -0.448 e. The van der Waals surface area contributed by atoms with Crippen LogP contribution < -0.4 is 21.7 Å². The van der Waals surface area contributed by atoms with Crippen LogP contribution >= 0.6 is 30.2 Å². The fraction of sp³-hybridized carbons (Fsp3) is 0.194. The van der Waals surface area contributed by atoms with E-state index < -0.39 is 6.09 Å². The Balaban J connectivity index is 1.17. The Morgan fingerprint density at radius 2 is 1.74 bits per heavy atom. The van der Waals surface area contributed by atoms with Crippen molar-refractivity contribution < 1.29 is 18.7 Å². The van der Waals surface area contributed by atoms with Crippen LogP contribution in [0.15, 0.2) is 89.3 Å². The maximum atomic E-state index is 12.7. The number of anilines is 1. The summed E-state index contributed by atoms with van der Waals surface area (Å²) < 4.78 is 11.3. The van der Waals surface area contributed by atoms with Gasteiger partial charge in [0.05, 0.1) is 0 Å². The summed E-state index contributed by atoms with van der Waals surface area (Å²) in [5.74, 6) is 1.92. The lowest BCUT2D eigenvalue weighted by Crippen LogP contribution is -2.25. The van der Waals surface area contributed by atoms with Crippen molar-refractivity contribution in [3.63, 3.8) is 0 Å². The Morgan fingerprint density at radius 3 is 2.60 bits per heavy atom. The van der Waals surface area contributed by atoms with Gasteiger partial charge < -0.3 is 20.2 Å². The predicted molar refractivity (Wildman–Crippen MR) is 177 cm³/mol. The van der Waals surface area contributed by atoms with E-state index in [9.17, 15) is 9.59 Å². The van der Waals surface area contributed by atoms with Gasteiger partial charge in [0, 0.05) is 41.4 Å². The van der Waals surface area contributed by atoms with Crippen molar-refractivity contribution in [2.45, 2.75) is 0 Å². The van der Waals surface area contributed by atoms with Gasteiger partial charge in [-0.05, 0) is 64.7 Å². The lowest BCUT2D eigenvalue weighted by Gasteiger charge is -2.08. The van der Waals surface area contributed by atoms with E-state index in [4.69, 9.17) is 14.9 Å². The first-order chi connectivity index (χ1) is 20.6. The van der Waals surface area contributed by atoms with E-state index in [-0.39, 0.29) is 5.91 Å². The van der Waals surface area contributed by atoms with E-state index >= 15 is 0 Å². The van der Waals surface area contributed by atoms with Gasteiger partial charge in [-0.15, -0.1) is 0 Å². The number of ether oxygens (including phenoxy) is 1. The molecule has 1 heterocycles. The molecular weight excluding hydrogens is 587 g/mol. The second kappa shape index (κ2) is 15.1. The van der Waals surface area contributed by atoms with Crippen LogP contribution in [-0.4, -0.2) is 54.3 Å². The van der Waals surface area contributed by atoms with Crippen LogP contribution in [0.4, 0.5) is 10.5 Å². The molecule has 11 heteroatoms. The number of hydrogen-bond acceptors (Lipinski definition) is 8. The van der Waals surface area contributed by atoms with E-state index in [0.717, 1.165) is 28.3 Å². The summed E-state index contributed by atoms with van der Waals surface area (Å²) in [4.78, 5) is 29.5. The van der Waals surface area contributed by atoms with Crippen LogP contribution in [-0.2, 0) is 4.74 Å². The lowest BCUT2D eigenvalue weighted by molar-refractivity contribution is 0.0956. The fourth-order valence-corrected chi connectivity index (χ4v) is 6.83. The SMILES string of the molecule is NCCSSCCOC(=O)Nc1ccc2cc(-c3nc4ccc(C(=O)NCCPc5ccccc5)cc4o3)ccc2c1. The third-order valence-corrected chi connectivity index (χ3v) is 9.83. The van der Waals surface area contributed by atoms with Gasteiger partial charge in [0.1, 0.15) is 12.1 Å². The molecule has 4 N–H and O–H groups in total. The molecule has 0 fully saturated rings. The van der Waals surface area contributed by atoms with Gasteiger partial charge in [0.15, 0.2) is 5.58 Å². The van der Waals surface area contributed by atoms with Crippen molar-refractivity contribution in [3.8, 4) is 11.5 Å². The zero-order valence-electron chi connectivity index (χ0n) is 22.8. The van der Waals surface area contributed by atoms with Crippen molar-refractivity contribution in [3.05, 3.63) is 90.5 Å². The Hall–Kier alpha value is -3.56.